The first-order valence-corrected chi connectivity index (χ1v) is 7.50. The smallest absolute Gasteiger partial charge is 0.226 e. The first-order chi connectivity index (χ1) is 11.3. The first kappa shape index (κ1) is 15.4. The molecule has 3 rings (SSSR count). The maximum absolute atomic E-state index is 8.86. The summed E-state index contributed by atoms with van der Waals surface area (Å²) in [6, 6.07) is 7.29. The van der Waals surface area contributed by atoms with E-state index in [1.807, 2.05) is 12.1 Å². The fourth-order valence-electron chi connectivity index (χ4n) is 1.98. The lowest BCUT2D eigenvalue weighted by Gasteiger charge is -2.10. The number of rotatable bonds is 6. The highest BCUT2D eigenvalue weighted by molar-refractivity contribution is 6.30. The molecule has 7 nitrogen and oxygen atoms in total. The van der Waals surface area contributed by atoms with Crippen LogP contribution in [0.5, 0.6) is 0 Å². The first-order valence-electron chi connectivity index (χ1n) is 7.12. The van der Waals surface area contributed by atoms with Gasteiger partial charge in [-0.15, -0.1) is 0 Å². The summed E-state index contributed by atoms with van der Waals surface area (Å²) in [6.45, 7) is 0.679. The second kappa shape index (κ2) is 7.17. The van der Waals surface area contributed by atoms with Crippen LogP contribution in [-0.2, 0) is 0 Å². The van der Waals surface area contributed by atoms with Crippen LogP contribution in [-0.4, -0.2) is 38.2 Å². The Morgan fingerprint density at radius 1 is 1.04 bits per heavy atom. The summed E-state index contributed by atoms with van der Waals surface area (Å²) >= 11 is 5.90. The molecule has 0 aliphatic rings. The van der Waals surface area contributed by atoms with Gasteiger partial charge in [-0.1, -0.05) is 11.6 Å². The maximum Gasteiger partial charge on any atom is 0.226 e. The van der Waals surface area contributed by atoms with Crippen LogP contribution in [0.25, 0.3) is 11.2 Å². The summed E-state index contributed by atoms with van der Waals surface area (Å²) in [5, 5.41) is 15.8. The molecule has 0 spiro atoms. The second-order valence-corrected chi connectivity index (χ2v) is 5.20. The van der Waals surface area contributed by atoms with Crippen LogP contribution in [0.3, 0.4) is 0 Å². The summed E-state index contributed by atoms with van der Waals surface area (Å²) in [4.78, 5) is 17.3. The molecule has 23 heavy (non-hydrogen) atoms. The molecule has 0 saturated carbocycles. The minimum Gasteiger partial charge on any atom is -0.396 e. The molecule has 0 atom stereocenters. The highest BCUT2D eigenvalue weighted by atomic mass is 35.5. The van der Waals surface area contributed by atoms with Gasteiger partial charge in [0.15, 0.2) is 17.0 Å². The number of aromatic nitrogens is 4. The number of benzene rings is 1. The van der Waals surface area contributed by atoms with Gasteiger partial charge in [0, 0.05) is 36.3 Å². The van der Waals surface area contributed by atoms with Crippen LogP contribution >= 0.6 is 11.6 Å². The molecule has 0 bridgehead atoms. The fraction of sp³-hybridized carbons (Fsp3) is 0.200. The van der Waals surface area contributed by atoms with Crippen molar-refractivity contribution in [3.63, 3.8) is 0 Å². The molecular weight excluding hydrogens is 316 g/mol. The van der Waals surface area contributed by atoms with Crippen molar-refractivity contribution in [2.24, 2.45) is 0 Å². The lowest BCUT2D eigenvalue weighted by Crippen LogP contribution is -2.09. The molecule has 0 radical (unpaired) electrons. The third kappa shape index (κ3) is 3.82. The van der Waals surface area contributed by atoms with Crippen LogP contribution in [0, 0.1) is 0 Å². The van der Waals surface area contributed by atoms with E-state index in [1.165, 1.54) is 0 Å². The Bertz CT molecular complexity index is 796. The Balaban J connectivity index is 1.94. The van der Waals surface area contributed by atoms with Gasteiger partial charge in [-0.25, -0.2) is 9.97 Å². The Labute approximate surface area is 137 Å². The third-order valence-electron chi connectivity index (χ3n) is 3.06. The van der Waals surface area contributed by atoms with Gasteiger partial charge in [-0.3, -0.25) is 0 Å². The van der Waals surface area contributed by atoms with Crippen molar-refractivity contribution in [1.29, 1.82) is 0 Å². The van der Waals surface area contributed by atoms with E-state index >= 15 is 0 Å². The van der Waals surface area contributed by atoms with E-state index in [0.29, 0.717) is 40.9 Å². The summed E-state index contributed by atoms with van der Waals surface area (Å²) in [7, 11) is 0. The normalized spacial score (nSPS) is 10.7. The molecule has 3 aromatic rings. The van der Waals surface area contributed by atoms with Crippen molar-refractivity contribution in [1.82, 2.24) is 19.9 Å². The zero-order chi connectivity index (χ0) is 16.1. The molecule has 8 heteroatoms. The predicted molar refractivity (Wildman–Crippen MR) is 90.1 cm³/mol. The number of halogens is 1. The van der Waals surface area contributed by atoms with Gasteiger partial charge in [-0.2, -0.15) is 9.97 Å². The van der Waals surface area contributed by atoms with Crippen LogP contribution in [0.2, 0.25) is 5.02 Å². The standard InChI is InChI=1S/C15H15ClN6O/c16-10-2-4-11(5-3-10)20-14-12-13(18-8-7-17-12)21-15(22-14)19-6-1-9-23/h2-5,7-8,23H,1,6,9H2,(H2,18,19,20,21,22). The number of nitrogens with one attached hydrogen (secondary N) is 2. The lowest BCUT2D eigenvalue weighted by molar-refractivity contribution is 0.292. The number of nitrogens with zero attached hydrogens (tertiary/aromatic N) is 4. The molecule has 0 aliphatic heterocycles. The number of anilines is 3. The van der Waals surface area contributed by atoms with Crippen molar-refractivity contribution in [2.45, 2.75) is 6.42 Å². The van der Waals surface area contributed by atoms with Gasteiger partial charge in [0.2, 0.25) is 5.95 Å². The van der Waals surface area contributed by atoms with E-state index in [0.717, 1.165) is 5.69 Å². The van der Waals surface area contributed by atoms with E-state index in [9.17, 15) is 0 Å². The SMILES string of the molecule is OCCCNc1nc(Nc2ccc(Cl)cc2)c2nccnc2n1. The monoisotopic (exact) mass is 330 g/mol. The molecular formula is C15H15ClN6O. The Kier molecular flexibility index (Phi) is 4.80. The van der Waals surface area contributed by atoms with Gasteiger partial charge < -0.3 is 15.7 Å². The van der Waals surface area contributed by atoms with Crippen molar-refractivity contribution in [3.8, 4) is 0 Å². The molecule has 0 aliphatic carbocycles. The van der Waals surface area contributed by atoms with E-state index in [-0.39, 0.29) is 6.61 Å². The number of hydrogen-bond acceptors (Lipinski definition) is 7. The van der Waals surface area contributed by atoms with Crippen LogP contribution < -0.4 is 10.6 Å². The van der Waals surface area contributed by atoms with Crippen LogP contribution in [0.4, 0.5) is 17.5 Å². The summed E-state index contributed by atoms with van der Waals surface area (Å²) in [6.07, 6.45) is 3.79. The lowest BCUT2D eigenvalue weighted by atomic mass is 10.3. The maximum atomic E-state index is 8.86. The second-order valence-electron chi connectivity index (χ2n) is 4.76. The molecule has 2 aromatic heterocycles. The molecule has 2 heterocycles. The molecule has 1 aromatic carbocycles. The van der Waals surface area contributed by atoms with Gasteiger partial charge in [0.05, 0.1) is 0 Å². The van der Waals surface area contributed by atoms with Crippen molar-refractivity contribution in [3.05, 3.63) is 41.7 Å². The minimum absolute atomic E-state index is 0.107. The summed E-state index contributed by atoms with van der Waals surface area (Å²) in [5.41, 5.74) is 1.90. The number of fused-ring (bicyclic) bond motifs is 1. The van der Waals surface area contributed by atoms with E-state index in [2.05, 4.69) is 30.6 Å². The molecule has 0 saturated heterocycles. The van der Waals surface area contributed by atoms with Gasteiger partial charge >= 0.3 is 0 Å². The largest absolute Gasteiger partial charge is 0.396 e. The number of aliphatic hydroxyl groups is 1. The molecule has 118 valence electrons. The highest BCUT2D eigenvalue weighted by Gasteiger charge is 2.10. The average molecular weight is 331 g/mol. The van der Waals surface area contributed by atoms with E-state index < -0.39 is 0 Å². The van der Waals surface area contributed by atoms with E-state index in [4.69, 9.17) is 16.7 Å². The molecule has 0 amide bonds. The predicted octanol–water partition coefficient (Wildman–Crippen LogP) is 2.61. The minimum atomic E-state index is 0.107. The molecule has 3 N–H and O–H groups in total. The number of hydrogen-bond donors (Lipinski definition) is 3. The van der Waals surface area contributed by atoms with Crippen LogP contribution in [0.15, 0.2) is 36.7 Å². The Hall–Kier alpha value is -2.51. The highest BCUT2D eigenvalue weighted by Crippen LogP contribution is 2.23. The van der Waals surface area contributed by atoms with Crippen molar-refractivity contribution < 1.29 is 5.11 Å². The quantitative estimate of drug-likeness (QED) is 0.598. The Morgan fingerprint density at radius 2 is 1.83 bits per heavy atom. The van der Waals surface area contributed by atoms with Gasteiger partial charge in [0.25, 0.3) is 0 Å². The topological polar surface area (TPSA) is 95.8 Å². The summed E-state index contributed by atoms with van der Waals surface area (Å²) < 4.78 is 0. The molecule has 0 unspecified atom stereocenters. The van der Waals surface area contributed by atoms with Crippen molar-refractivity contribution >= 4 is 40.2 Å². The number of aliphatic hydroxyl groups excluding tert-OH is 1. The van der Waals surface area contributed by atoms with E-state index in [1.54, 1.807) is 24.5 Å². The molecule has 0 fully saturated rings. The summed E-state index contributed by atoms with van der Waals surface area (Å²) in [5.74, 6) is 0.986. The van der Waals surface area contributed by atoms with Crippen LogP contribution in [0.1, 0.15) is 6.42 Å². The zero-order valence-corrected chi connectivity index (χ0v) is 13.0. The third-order valence-corrected chi connectivity index (χ3v) is 3.31. The average Bonchev–Trinajstić information content (AvgIpc) is 2.57. The fourth-order valence-corrected chi connectivity index (χ4v) is 2.11. The zero-order valence-electron chi connectivity index (χ0n) is 12.2. The van der Waals surface area contributed by atoms with Gasteiger partial charge in [0.1, 0.15) is 0 Å². The van der Waals surface area contributed by atoms with Gasteiger partial charge in [-0.05, 0) is 30.7 Å². The Morgan fingerprint density at radius 3 is 2.61 bits per heavy atom. The van der Waals surface area contributed by atoms with Crippen molar-refractivity contribution in [2.75, 3.05) is 23.8 Å².